The summed E-state index contributed by atoms with van der Waals surface area (Å²) in [5, 5.41) is 0.637. The zero-order chi connectivity index (χ0) is 13.7. The van der Waals surface area contributed by atoms with Crippen LogP contribution >= 0.6 is 23.2 Å². The molecule has 2 aromatic rings. The van der Waals surface area contributed by atoms with E-state index in [-0.39, 0.29) is 17.3 Å². The van der Waals surface area contributed by atoms with Gasteiger partial charge >= 0.3 is 12.0 Å². The van der Waals surface area contributed by atoms with E-state index in [1.54, 1.807) is 24.3 Å². The van der Waals surface area contributed by atoms with Crippen LogP contribution in [-0.4, -0.2) is 21.6 Å². The van der Waals surface area contributed by atoms with Gasteiger partial charge < -0.3 is 9.47 Å². The van der Waals surface area contributed by atoms with Crippen LogP contribution in [0.3, 0.4) is 0 Å². The van der Waals surface area contributed by atoms with E-state index in [9.17, 15) is 0 Å². The number of nitrogens with zero attached hydrogens (tertiary/aromatic N) is 3. The first-order valence-electron chi connectivity index (χ1n) is 5.65. The summed E-state index contributed by atoms with van der Waals surface area (Å²) < 4.78 is 10.7. The molecule has 1 heterocycles. The molecule has 0 atom stereocenters. The lowest BCUT2D eigenvalue weighted by Gasteiger charge is -2.06. The van der Waals surface area contributed by atoms with E-state index in [2.05, 4.69) is 15.0 Å². The Morgan fingerprint density at radius 1 is 1.00 bits per heavy atom. The van der Waals surface area contributed by atoms with Crippen LogP contribution in [0.15, 0.2) is 24.3 Å². The number of ether oxygens (including phenoxy) is 2. The fraction of sp³-hybridized carbons (Fsp3) is 0.250. The zero-order valence-electron chi connectivity index (χ0n) is 10.1. The summed E-state index contributed by atoms with van der Waals surface area (Å²) in [5.74, 6) is 0.549. The minimum atomic E-state index is 0.0186. The monoisotopic (exact) mass is 299 g/mol. The number of hydrogen-bond acceptors (Lipinski definition) is 5. The second-order valence-electron chi connectivity index (χ2n) is 3.57. The molecule has 0 unspecified atom stereocenters. The molecule has 0 aliphatic carbocycles. The molecule has 0 saturated carbocycles. The summed E-state index contributed by atoms with van der Waals surface area (Å²) in [6, 6.07) is 7.03. The van der Waals surface area contributed by atoms with Crippen LogP contribution < -0.4 is 9.47 Å². The van der Waals surface area contributed by atoms with Gasteiger partial charge in [0.1, 0.15) is 5.75 Å². The van der Waals surface area contributed by atoms with Gasteiger partial charge in [0, 0.05) is 5.02 Å². The number of hydrogen-bond donors (Lipinski definition) is 0. The standard InChI is InChI=1S/C12H11Cl2N3O2/c1-2-7-18-11-15-10(14)16-12(17-11)19-9-5-3-8(13)4-6-9/h3-6H,2,7H2,1H3. The summed E-state index contributed by atoms with van der Waals surface area (Å²) in [4.78, 5) is 11.7. The third-order valence-electron chi connectivity index (χ3n) is 2.03. The zero-order valence-corrected chi connectivity index (χ0v) is 11.6. The van der Waals surface area contributed by atoms with Crippen LogP contribution in [0.4, 0.5) is 0 Å². The summed E-state index contributed by atoms with van der Waals surface area (Å²) >= 11 is 11.6. The second-order valence-corrected chi connectivity index (χ2v) is 4.35. The Balaban J connectivity index is 2.15. The maximum absolute atomic E-state index is 5.78. The van der Waals surface area contributed by atoms with E-state index in [0.29, 0.717) is 17.4 Å². The van der Waals surface area contributed by atoms with Crippen molar-refractivity contribution in [2.24, 2.45) is 0 Å². The van der Waals surface area contributed by atoms with Gasteiger partial charge in [-0.25, -0.2) is 0 Å². The molecular weight excluding hydrogens is 289 g/mol. The third kappa shape index (κ3) is 4.22. The van der Waals surface area contributed by atoms with Gasteiger partial charge in [-0.05, 0) is 42.3 Å². The van der Waals surface area contributed by atoms with Gasteiger partial charge in [-0.1, -0.05) is 18.5 Å². The lowest BCUT2D eigenvalue weighted by Crippen LogP contribution is -2.03. The van der Waals surface area contributed by atoms with Crippen molar-refractivity contribution in [3.8, 4) is 17.8 Å². The van der Waals surface area contributed by atoms with Crippen LogP contribution in [0, 0.1) is 0 Å². The topological polar surface area (TPSA) is 57.1 Å². The van der Waals surface area contributed by atoms with Gasteiger partial charge in [-0.2, -0.15) is 9.97 Å². The van der Waals surface area contributed by atoms with E-state index in [4.69, 9.17) is 32.7 Å². The molecule has 0 amide bonds. The van der Waals surface area contributed by atoms with Gasteiger partial charge in [0.2, 0.25) is 5.28 Å². The Labute approximate surface area is 120 Å². The molecule has 2 rings (SSSR count). The van der Waals surface area contributed by atoms with Crippen LogP contribution in [-0.2, 0) is 0 Å². The molecule has 0 fully saturated rings. The first kappa shape index (κ1) is 13.8. The lowest BCUT2D eigenvalue weighted by atomic mass is 10.3. The first-order chi connectivity index (χ1) is 9.17. The Hall–Kier alpha value is -1.59. The molecular formula is C12H11Cl2N3O2. The maximum atomic E-state index is 5.78. The highest BCUT2D eigenvalue weighted by Crippen LogP contribution is 2.22. The van der Waals surface area contributed by atoms with E-state index in [1.807, 2.05) is 6.92 Å². The second kappa shape index (κ2) is 6.54. The molecule has 5 nitrogen and oxygen atoms in total. The normalized spacial score (nSPS) is 10.3. The van der Waals surface area contributed by atoms with Crippen molar-refractivity contribution in [1.82, 2.24) is 15.0 Å². The average molecular weight is 300 g/mol. The smallest absolute Gasteiger partial charge is 0.329 e. The van der Waals surface area contributed by atoms with E-state index >= 15 is 0 Å². The minimum Gasteiger partial charge on any atom is -0.463 e. The maximum Gasteiger partial charge on any atom is 0.329 e. The Kier molecular flexibility index (Phi) is 4.76. The Morgan fingerprint density at radius 3 is 2.37 bits per heavy atom. The molecule has 0 aliphatic heterocycles. The van der Waals surface area contributed by atoms with Crippen molar-refractivity contribution in [1.29, 1.82) is 0 Å². The predicted octanol–water partition coefficient (Wildman–Crippen LogP) is 3.76. The van der Waals surface area contributed by atoms with Crippen molar-refractivity contribution < 1.29 is 9.47 Å². The molecule has 0 radical (unpaired) electrons. The van der Waals surface area contributed by atoms with Gasteiger partial charge in [0.25, 0.3) is 0 Å². The molecule has 100 valence electrons. The highest BCUT2D eigenvalue weighted by Gasteiger charge is 2.08. The summed E-state index contributed by atoms with van der Waals surface area (Å²) in [6.45, 7) is 2.48. The number of halogens is 2. The minimum absolute atomic E-state index is 0.0186. The highest BCUT2D eigenvalue weighted by molar-refractivity contribution is 6.30. The highest BCUT2D eigenvalue weighted by atomic mass is 35.5. The summed E-state index contributed by atoms with van der Waals surface area (Å²) in [6.07, 6.45) is 0.844. The number of rotatable bonds is 5. The molecule has 19 heavy (non-hydrogen) atoms. The van der Waals surface area contributed by atoms with Gasteiger partial charge in [-0.3, -0.25) is 0 Å². The molecule has 7 heteroatoms. The van der Waals surface area contributed by atoms with Crippen LogP contribution in [0.5, 0.6) is 17.8 Å². The van der Waals surface area contributed by atoms with Crippen molar-refractivity contribution in [3.05, 3.63) is 34.6 Å². The number of benzene rings is 1. The quantitative estimate of drug-likeness (QED) is 0.841. The van der Waals surface area contributed by atoms with Crippen LogP contribution in [0.1, 0.15) is 13.3 Å². The van der Waals surface area contributed by atoms with Crippen molar-refractivity contribution in [2.45, 2.75) is 13.3 Å². The SMILES string of the molecule is CCCOc1nc(Cl)nc(Oc2ccc(Cl)cc2)n1. The van der Waals surface area contributed by atoms with Gasteiger partial charge in [-0.15, -0.1) is 4.98 Å². The van der Waals surface area contributed by atoms with Crippen molar-refractivity contribution in [2.75, 3.05) is 6.61 Å². The first-order valence-corrected chi connectivity index (χ1v) is 6.41. The average Bonchev–Trinajstić information content (AvgIpc) is 2.38. The number of aromatic nitrogens is 3. The third-order valence-corrected chi connectivity index (χ3v) is 2.45. The molecule has 1 aromatic heterocycles. The molecule has 0 aliphatic rings. The van der Waals surface area contributed by atoms with E-state index < -0.39 is 0 Å². The van der Waals surface area contributed by atoms with Gasteiger partial charge in [0.15, 0.2) is 0 Å². The predicted molar refractivity (Wildman–Crippen MR) is 72.1 cm³/mol. The van der Waals surface area contributed by atoms with E-state index in [1.165, 1.54) is 0 Å². The van der Waals surface area contributed by atoms with Crippen molar-refractivity contribution >= 4 is 23.2 Å². The largest absolute Gasteiger partial charge is 0.463 e. The summed E-state index contributed by atoms with van der Waals surface area (Å²) in [7, 11) is 0. The molecule has 0 bridgehead atoms. The molecule has 0 saturated heterocycles. The van der Waals surface area contributed by atoms with Crippen LogP contribution in [0.2, 0.25) is 10.3 Å². The van der Waals surface area contributed by atoms with E-state index in [0.717, 1.165) is 6.42 Å². The van der Waals surface area contributed by atoms with Crippen molar-refractivity contribution in [3.63, 3.8) is 0 Å². The van der Waals surface area contributed by atoms with Crippen LogP contribution in [0.25, 0.3) is 0 Å². The fourth-order valence-electron chi connectivity index (χ4n) is 1.23. The molecule has 0 N–H and O–H groups in total. The Morgan fingerprint density at radius 2 is 1.68 bits per heavy atom. The lowest BCUT2D eigenvalue weighted by molar-refractivity contribution is 0.284. The molecule has 0 spiro atoms. The summed E-state index contributed by atoms with van der Waals surface area (Å²) in [5.41, 5.74) is 0. The fourth-order valence-corrected chi connectivity index (χ4v) is 1.50. The van der Waals surface area contributed by atoms with Gasteiger partial charge in [0.05, 0.1) is 6.61 Å². The molecule has 1 aromatic carbocycles. The Bertz CT molecular complexity index is 549.